The second-order valence-corrected chi connectivity index (χ2v) is 11.7. The van der Waals surface area contributed by atoms with Gasteiger partial charge in [0.05, 0.1) is 17.3 Å². The van der Waals surface area contributed by atoms with Crippen LogP contribution >= 0.6 is 0 Å². The molecule has 12 heteroatoms. The number of alkyl halides is 3. The van der Waals surface area contributed by atoms with E-state index in [1.54, 1.807) is 12.1 Å². The zero-order valence-electron chi connectivity index (χ0n) is 20.2. The Labute approximate surface area is 220 Å². The van der Waals surface area contributed by atoms with Crippen LogP contribution in [0.2, 0.25) is 0 Å². The van der Waals surface area contributed by atoms with Gasteiger partial charge in [0.1, 0.15) is 11.4 Å². The number of benzene rings is 1. The molecule has 0 radical (unpaired) electrons. The first-order valence-corrected chi connectivity index (χ1v) is 13.7. The van der Waals surface area contributed by atoms with Crippen molar-refractivity contribution in [1.29, 1.82) is 0 Å². The normalized spacial score (nSPS) is 21.3. The molecule has 4 heterocycles. The molecular formula is C27H21F4N3O4S. The van der Waals surface area contributed by atoms with Gasteiger partial charge < -0.3 is 4.42 Å². The molecule has 0 spiro atoms. The van der Waals surface area contributed by atoms with Gasteiger partial charge in [-0.1, -0.05) is 0 Å². The number of piperidine rings is 1. The Morgan fingerprint density at radius 2 is 1.90 bits per heavy atom. The van der Waals surface area contributed by atoms with Crippen molar-refractivity contribution < 1.29 is 35.2 Å². The van der Waals surface area contributed by atoms with E-state index in [2.05, 4.69) is 9.97 Å². The molecule has 0 amide bonds. The molecule has 1 aromatic carbocycles. The minimum Gasteiger partial charge on any atom is -0.443 e. The van der Waals surface area contributed by atoms with E-state index in [4.69, 9.17) is 4.42 Å². The van der Waals surface area contributed by atoms with Gasteiger partial charge in [-0.3, -0.25) is 14.8 Å². The summed E-state index contributed by atoms with van der Waals surface area (Å²) in [5.74, 6) is -0.729. The molecule has 1 aliphatic heterocycles. The maximum Gasteiger partial charge on any atom is 0.417 e. The number of ketones is 1. The fraction of sp³-hybridized carbons (Fsp3) is 0.296. The molecule has 0 N–H and O–H groups in total. The number of rotatable bonds is 7. The summed E-state index contributed by atoms with van der Waals surface area (Å²) in [4.78, 5) is 21.5. The lowest BCUT2D eigenvalue weighted by atomic mass is 10.0. The number of Topliss-reactive ketones (excluding diaryl/α,β-unsaturated/α-hetero) is 1. The van der Waals surface area contributed by atoms with Gasteiger partial charge in [-0.15, -0.1) is 0 Å². The number of nitrogens with zero attached hydrogens (tertiary/aromatic N) is 3. The van der Waals surface area contributed by atoms with E-state index < -0.39 is 33.6 Å². The van der Waals surface area contributed by atoms with E-state index >= 15 is 0 Å². The molecule has 4 aromatic rings. The van der Waals surface area contributed by atoms with Crippen LogP contribution in [0.25, 0.3) is 22.2 Å². The van der Waals surface area contributed by atoms with Gasteiger partial charge in [0, 0.05) is 48.1 Å². The fourth-order valence-electron chi connectivity index (χ4n) is 5.21. The second kappa shape index (κ2) is 9.23. The van der Waals surface area contributed by atoms with E-state index in [0.717, 1.165) is 18.7 Å². The quantitative estimate of drug-likeness (QED) is 0.287. The average molecular weight is 560 g/mol. The number of pyridine rings is 2. The van der Waals surface area contributed by atoms with Gasteiger partial charge in [-0.25, -0.2) is 12.8 Å². The standard InChI is InChI=1S/C27H21F4N3O4S/c28-19-2-6-24-16(9-19)12-25(38-24)39(36,37)34-14-17-11-21(17)26(34)23(35)5-3-20-10-15(7-8-32-20)22-4-1-18(13-33-22)27(29,30)31/h1-2,4,6-10,12-13,17,21,26H,3,5,11,14H2/t17-,21-,26-/m0/s1. The molecule has 0 unspecified atom stereocenters. The monoisotopic (exact) mass is 559 g/mol. The number of hydrogen-bond donors (Lipinski definition) is 0. The molecule has 2 fully saturated rings. The number of furan rings is 1. The highest BCUT2D eigenvalue weighted by Crippen LogP contribution is 2.52. The summed E-state index contributed by atoms with van der Waals surface area (Å²) in [6.07, 6.45) is -1.22. The Balaban J connectivity index is 1.18. The highest BCUT2D eigenvalue weighted by molar-refractivity contribution is 7.89. The summed E-state index contributed by atoms with van der Waals surface area (Å²) in [6.45, 7) is 0.210. The molecule has 7 nitrogen and oxygen atoms in total. The number of aromatic nitrogens is 2. The maximum atomic E-state index is 13.6. The minimum atomic E-state index is -4.49. The van der Waals surface area contributed by atoms with Crippen molar-refractivity contribution in [3.63, 3.8) is 0 Å². The van der Waals surface area contributed by atoms with Gasteiger partial charge in [-0.05, 0) is 67.1 Å². The van der Waals surface area contributed by atoms with Crippen molar-refractivity contribution in [2.75, 3.05) is 6.54 Å². The summed E-state index contributed by atoms with van der Waals surface area (Å²) in [5, 5.41) is -0.0186. The first kappa shape index (κ1) is 25.6. The van der Waals surface area contributed by atoms with Gasteiger partial charge in [0.25, 0.3) is 10.0 Å². The highest BCUT2D eigenvalue weighted by Gasteiger charge is 2.58. The van der Waals surface area contributed by atoms with Crippen molar-refractivity contribution in [1.82, 2.24) is 14.3 Å². The Bertz CT molecular complexity index is 1690. The van der Waals surface area contributed by atoms with Crippen LogP contribution in [0.15, 0.2) is 70.4 Å². The fourth-order valence-corrected chi connectivity index (χ4v) is 6.87. The molecule has 1 saturated carbocycles. The van der Waals surface area contributed by atoms with Crippen LogP contribution in [-0.4, -0.2) is 41.1 Å². The molecule has 0 bridgehead atoms. The number of carbonyl (C=O) groups is 1. The summed E-state index contributed by atoms with van der Waals surface area (Å²) >= 11 is 0. The van der Waals surface area contributed by atoms with Crippen LogP contribution in [0.4, 0.5) is 17.6 Å². The topological polar surface area (TPSA) is 93.4 Å². The number of aryl methyl sites for hydroxylation is 1. The van der Waals surface area contributed by atoms with Crippen LogP contribution in [0, 0.1) is 17.7 Å². The maximum absolute atomic E-state index is 13.6. The molecule has 3 aromatic heterocycles. The third kappa shape index (κ3) is 4.82. The molecule has 3 atom stereocenters. The van der Waals surface area contributed by atoms with Gasteiger partial charge in [0.15, 0.2) is 5.78 Å². The van der Waals surface area contributed by atoms with Gasteiger partial charge in [-0.2, -0.15) is 17.5 Å². The zero-order chi connectivity index (χ0) is 27.5. The Morgan fingerprint density at radius 3 is 2.64 bits per heavy atom. The molecule has 6 rings (SSSR count). The molecule has 1 aliphatic carbocycles. The third-order valence-electron chi connectivity index (χ3n) is 7.29. The number of fused-ring (bicyclic) bond motifs is 2. The van der Waals surface area contributed by atoms with Crippen LogP contribution in [0.1, 0.15) is 24.1 Å². The second-order valence-electron chi connectivity index (χ2n) is 9.86. The Morgan fingerprint density at radius 1 is 1.08 bits per heavy atom. The minimum absolute atomic E-state index is 0.0299. The highest BCUT2D eigenvalue weighted by atomic mass is 32.2. The van der Waals surface area contributed by atoms with Crippen molar-refractivity contribution in [3.8, 4) is 11.3 Å². The third-order valence-corrected chi connectivity index (χ3v) is 8.99. The average Bonchev–Trinajstić information content (AvgIpc) is 3.35. The summed E-state index contributed by atoms with van der Waals surface area (Å²) in [6, 6.07) is 9.64. The van der Waals surface area contributed by atoms with Crippen LogP contribution < -0.4 is 0 Å². The van der Waals surface area contributed by atoms with Crippen molar-refractivity contribution in [3.05, 3.63) is 78.0 Å². The summed E-state index contributed by atoms with van der Waals surface area (Å²) in [7, 11) is -4.13. The lowest BCUT2D eigenvalue weighted by molar-refractivity contribution is -0.137. The largest absolute Gasteiger partial charge is 0.443 e. The number of halogens is 4. The molecule has 202 valence electrons. The lowest BCUT2D eigenvalue weighted by Gasteiger charge is -2.24. The summed E-state index contributed by atoms with van der Waals surface area (Å²) < 4.78 is 85.6. The summed E-state index contributed by atoms with van der Waals surface area (Å²) in [5.41, 5.74) is 0.792. The zero-order valence-corrected chi connectivity index (χ0v) is 21.0. The van der Waals surface area contributed by atoms with Crippen LogP contribution in [0.5, 0.6) is 0 Å². The van der Waals surface area contributed by atoms with Crippen LogP contribution in [-0.2, 0) is 27.4 Å². The van der Waals surface area contributed by atoms with E-state index in [0.29, 0.717) is 22.3 Å². The number of hydrogen-bond acceptors (Lipinski definition) is 6. The molecule has 2 aliphatic rings. The van der Waals surface area contributed by atoms with Crippen LogP contribution in [0.3, 0.4) is 0 Å². The predicted molar refractivity (Wildman–Crippen MR) is 131 cm³/mol. The van der Waals surface area contributed by atoms with Gasteiger partial charge >= 0.3 is 6.18 Å². The molecular weight excluding hydrogens is 538 g/mol. The molecule has 1 saturated heterocycles. The first-order valence-electron chi connectivity index (χ1n) is 12.2. The Kier molecular flexibility index (Phi) is 6.07. The predicted octanol–water partition coefficient (Wildman–Crippen LogP) is 5.26. The smallest absolute Gasteiger partial charge is 0.417 e. The molecule has 39 heavy (non-hydrogen) atoms. The number of carbonyl (C=O) groups excluding carboxylic acids is 1. The van der Waals surface area contributed by atoms with Crippen molar-refractivity contribution in [2.24, 2.45) is 11.8 Å². The van der Waals surface area contributed by atoms with E-state index in [9.17, 15) is 30.8 Å². The van der Waals surface area contributed by atoms with Gasteiger partial charge in [0.2, 0.25) is 5.09 Å². The van der Waals surface area contributed by atoms with Crippen molar-refractivity contribution >= 4 is 26.8 Å². The van der Waals surface area contributed by atoms with E-state index in [1.165, 1.54) is 40.8 Å². The van der Waals surface area contributed by atoms with Crippen molar-refractivity contribution in [2.45, 2.75) is 36.6 Å². The number of sulfonamides is 1. The van der Waals surface area contributed by atoms with E-state index in [1.807, 2.05) is 0 Å². The van der Waals surface area contributed by atoms with E-state index in [-0.39, 0.29) is 47.7 Å². The SMILES string of the molecule is O=C(CCc1cc(-c2ccc(C(F)(F)F)cn2)ccn1)[C@@H]1[C@H]2C[C@H]2CN1S(=O)(=O)c1cc2cc(F)ccc2o1. The lowest BCUT2D eigenvalue weighted by Crippen LogP contribution is -2.43. The Hall–Kier alpha value is -3.64. The first-order chi connectivity index (χ1) is 18.5.